The first-order chi connectivity index (χ1) is 7.51. The lowest BCUT2D eigenvalue weighted by Crippen LogP contribution is -2.04. The van der Waals surface area contributed by atoms with Crippen molar-refractivity contribution in [1.29, 1.82) is 0 Å². The average Bonchev–Trinajstić information content (AvgIpc) is 2.26. The summed E-state index contributed by atoms with van der Waals surface area (Å²) in [5, 5.41) is 0. The molecular weight excluding hydrogens is 196 g/mol. The first kappa shape index (κ1) is 13.0. The molecule has 0 aromatic heterocycles. The summed E-state index contributed by atoms with van der Waals surface area (Å²) in [4.78, 5) is 11.6. The van der Waals surface area contributed by atoms with E-state index in [1.165, 1.54) is 16.7 Å². The van der Waals surface area contributed by atoms with Crippen LogP contribution in [0, 0.1) is 6.92 Å². The molecule has 0 saturated carbocycles. The second-order valence-electron chi connectivity index (χ2n) is 4.58. The molecule has 1 atom stereocenters. The SMILES string of the molecule is CCc1c(C)cc(C(C)CC)cc1C(C)=O. The van der Waals surface area contributed by atoms with Gasteiger partial charge >= 0.3 is 0 Å². The van der Waals surface area contributed by atoms with Crippen LogP contribution in [-0.2, 0) is 6.42 Å². The van der Waals surface area contributed by atoms with Gasteiger partial charge in [-0.05, 0) is 55.4 Å². The van der Waals surface area contributed by atoms with Gasteiger partial charge in [-0.3, -0.25) is 4.79 Å². The summed E-state index contributed by atoms with van der Waals surface area (Å²) in [5.74, 6) is 0.716. The van der Waals surface area contributed by atoms with E-state index in [1.807, 2.05) is 0 Å². The number of hydrogen-bond acceptors (Lipinski definition) is 1. The van der Waals surface area contributed by atoms with Gasteiger partial charge < -0.3 is 0 Å². The van der Waals surface area contributed by atoms with Crippen molar-refractivity contribution < 1.29 is 4.79 Å². The van der Waals surface area contributed by atoms with Crippen LogP contribution >= 0.6 is 0 Å². The predicted molar refractivity (Wildman–Crippen MR) is 69.3 cm³/mol. The van der Waals surface area contributed by atoms with Crippen LogP contribution in [0.1, 0.15) is 67.1 Å². The highest BCUT2D eigenvalue weighted by Gasteiger charge is 2.12. The quantitative estimate of drug-likeness (QED) is 0.690. The van der Waals surface area contributed by atoms with Gasteiger partial charge in [0, 0.05) is 5.56 Å². The number of ketones is 1. The minimum atomic E-state index is 0.185. The summed E-state index contributed by atoms with van der Waals surface area (Å²) in [5.41, 5.74) is 4.67. The first-order valence-corrected chi connectivity index (χ1v) is 6.15. The van der Waals surface area contributed by atoms with E-state index in [1.54, 1.807) is 6.92 Å². The normalized spacial score (nSPS) is 12.6. The highest BCUT2D eigenvalue weighted by molar-refractivity contribution is 5.96. The largest absolute Gasteiger partial charge is 0.295 e. The zero-order valence-electron chi connectivity index (χ0n) is 11.1. The Hall–Kier alpha value is -1.11. The summed E-state index contributed by atoms with van der Waals surface area (Å²) >= 11 is 0. The molecule has 0 fully saturated rings. The number of aryl methyl sites for hydroxylation is 1. The predicted octanol–water partition coefficient (Wildman–Crippen LogP) is 4.27. The minimum Gasteiger partial charge on any atom is -0.295 e. The molecule has 1 aromatic carbocycles. The molecule has 0 saturated heterocycles. The Labute approximate surface area is 98.9 Å². The van der Waals surface area contributed by atoms with Gasteiger partial charge in [-0.2, -0.15) is 0 Å². The van der Waals surface area contributed by atoms with Crippen LogP contribution in [0.3, 0.4) is 0 Å². The molecule has 0 amide bonds. The molecule has 0 N–H and O–H groups in total. The second-order valence-corrected chi connectivity index (χ2v) is 4.58. The van der Waals surface area contributed by atoms with Crippen molar-refractivity contribution in [3.8, 4) is 0 Å². The highest BCUT2D eigenvalue weighted by Crippen LogP contribution is 2.25. The maximum Gasteiger partial charge on any atom is 0.160 e. The van der Waals surface area contributed by atoms with E-state index in [9.17, 15) is 4.79 Å². The van der Waals surface area contributed by atoms with E-state index in [4.69, 9.17) is 0 Å². The molecule has 0 heterocycles. The third-order valence-corrected chi connectivity index (χ3v) is 3.41. The Morgan fingerprint density at radius 1 is 1.31 bits per heavy atom. The van der Waals surface area contributed by atoms with Gasteiger partial charge in [0.05, 0.1) is 0 Å². The lowest BCUT2D eigenvalue weighted by atomic mass is 9.89. The lowest BCUT2D eigenvalue weighted by Gasteiger charge is -2.15. The maximum absolute atomic E-state index is 11.6. The smallest absolute Gasteiger partial charge is 0.160 e. The fourth-order valence-electron chi connectivity index (χ4n) is 2.15. The zero-order chi connectivity index (χ0) is 12.3. The molecule has 0 radical (unpaired) electrons. The average molecular weight is 218 g/mol. The molecular formula is C15H22O. The molecule has 88 valence electrons. The number of hydrogen-bond donors (Lipinski definition) is 0. The summed E-state index contributed by atoms with van der Waals surface area (Å²) in [6.07, 6.45) is 2.05. The summed E-state index contributed by atoms with van der Waals surface area (Å²) in [6, 6.07) is 4.32. The molecule has 0 bridgehead atoms. The Balaban J connectivity index is 3.33. The highest BCUT2D eigenvalue weighted by atomic mass is 16.1. The number of rotatable bonds is 4. The summed E-state index contributed by atoms with van der Waals surface area (Å²) in [7, 11) is 0. The van der Waals surface area contributed by atoms with Gasteiger partial charge in [0.15, 0.2) is 5.78 Å². The van der Waals surface area contributed by atoms with Gasteiger partial charge in [-0.15, -0.1) is 0 Å². The molecule has 0 spiro atoms. The number of carbonyl (C=O) groups is 1. The molecule has 1 rings (SSSR count). The Morgan fingerprint density at radius 2 is 1.94 bits per heavy atom. The molecule has 1 aromatic rings. The van der Waals surface area contributed by atoms with E-state index in [-0.39, 0.29) is 5.78 Å². The van der Waals surface area contributed by atoms with Crippen molar-refractivity contribution in [3.63, 3.8) is 0 Å². The topological polar surface area (TPSA) is 17.1 Å². The van der Waals surface area contributed by atoms with Gasteiger partial charge in [-0.25, -0.2) is 0 Å². The number of benzene rings is 1. The standard InChI is InChI=1S/C15H22O/c1-6-10(3)13-8-11(4)14(7-2)15(9-13)12(5)16/h8-10H,6-7H2,1-5H3. The molecule has 1 nitrogen and oxygen atoms in total. The zero-order valence-corrected chi connectivity index (χ0v) is 11.1. The molecule has 0 aliphatic rings. The van der Waals surface area contributed by atoms with Crippen LogP contribution in [-0.4, -0.2) is 5.78 Å². The maximum atomic E-state index is 11.6. The van der Waals surface area contributed by atoms with Crippen LogP contribution in [0.15, 0.2) is 12.1 Å². The van der Waals surface area contributed by atoms with E-state index in [0.717, 1.165) is 18.4 Å². The lowest BCUT2D eigenvalue weighted by molar-refractivity contribution is 0.101. The monoisotopic (exact) mass is 218 g/mol. The minimum absolute atomic E-state index is 0.185. The van der Waals surface area contributed by atoms with E-state index in [0.29, 0.717) is 5.92 Å². The second kappa shape index (κ2) is 5.29. The van der Waals surface area contributed by atoms with Crippen molar-refractivity contribution in [1.82, 2.24) is 0 Å². The van der Waals surface area contributed by atoms with Crippen LogP contribution in [0.5, 0.6) is 0 Å². The van der Waals surface area contributed by atoms with Crippen molar-refractivity contribution in [2.24, 2.45) is 0 Å². The van der Waals surface area contributed by atoms with E-state index < -0.39 is 0 Å². The van der Waals surface area contributed by atoms with Gasteiger partial charge in [0.2, 0.25) is 0 Å². The number of carbonyl (C=O) groups excluding carboxylic acids is 1. The molecule has 0 aliphatic heterocycles. The fourth-order valence-corrected chi connectivity index (χ4v) is 2.15. The van der Waals surface area contributed by atoms with Gasteiger partial charge in [0.25, 0.3) is 0 Å². The summed E-state index contributed by atoms with van der Waals surface area (Å²) < 4.78 is 0. The first-order valence-electron chi connectivity index (χ1n) is 6.15. The van der Waals surface area contributed by atoms with Crippen LogP contribution < -0.4 is 0 Å². The molecule has 1 unspecified atom stereocenters. The molecule has 0 aliphatic carbocycles. The third-order valence-electron chi connectivity index (χ3n) is 3.41. The van der Waals surface area contributed by atoms with Crippen molar-refractivity contribution in [2.75, 3.05) is 0 Å². The van der Waals surface area contributed by atoms with Crippen molar-refractivity contribution in [2.45, 2.75) is 53.4 Å². The van der Waals surface area contributed by atoms with E-state index >= 15 is 0 Å². The Bertz CT molecular complexity index is 391. The third kappa shape index (κ3) is 2.52. The summed E-state index contributed by atoms with van der Waals surface area (Å²) in [6.45, 7) is 10.3. The van der Waals surface area contributed by atoms with Crippen molar-refractivity contribution >= 4 is 5.78 Å². The fraction of sp³-hybridized carbons (Fsp3) is 0.533. The van der Waals surface area contributed by atoms with Gasteiger partial charge in [-0.1, -0.05) is 26.8 Å². The molecule has 1 heteroatoms. The number of Topliss-reactive ketones (excluding diaryl/α,β-unsaturated/α-hetero) is 1. The van der Waals surface area contributed by atoms with Crippen LogP contribution in [0.2, 0.25) is 0 Å². The van der Waals surface area contributed by atoms with E-state index in [2.05, 4.69) is 39.8 Å². The van der Waals surface area contributed by atoms with Crippen LogP contribution in [0.25, 0.3) is 0 Å². The Kier molecular flexibility index (Phi) is 4.28. The molecule has 16 heavy (non-hydrogen) atoms. The Morgan fingerprint density at radius 3 is 2.38 bits per heavy atom. The van der Waals surface area contributed by atoms with Crippen molar-refractivity contribution in [3.05, 3.63) is 34.4 Å². The van der Waals surface area contributed by atoms with Crippen LogP contribution in [0.4, 0.5) is 0 Å². The van der Waals surface area contributed by atoms with Gasteiger partial charge in [0.1, 0.15) is 0 Å².